The molecule has 2 heterocycles. The summed E-state index contributed by atoms with van der Waals surface area (Å²) in [6.45, 7) is 2.90. The van der Waals surface area contributed by atoms with E-state index >= 15 is 0 Å². The van der Waals surface area contributed by atoms with Gasteiger partial charge in [-0.15, -0.1) is 0 Å². The standard InChI is InChI=1S/C10H18N4O/c1-11-7-9-13-10(15-14-9)6-8-2-4-12-5-3-8/h8,11-12H,2-7H2,1H3. The smallest absolute Gasteiger partial charge is 0.226 e. The van der Waals surface area contributed by atoms with Gasteiger partial charge in [0, 0.05) is 6.42 Å². The van der Waals surface area contributed by atoms with Crippen molar-refractivity contribution in [2.45, 2.75) is 25.8 Å². The fourth-order valence-electron chi connectivity index (χ4n) is 1.94. The van der Waals surface area contributed by atoms with Gasteiger partial charge in [0.05, 0.1) is 6.54 Å². The van der Waals surface area contributed by atoms with E-state index in [0.29, 0.717) is 12.5 Å². The molecule has 5 heteroatoms. The fourth-order valence-corrected chi connectivity index (χ4v) is 1.94. The summed E-state index contributed by atoms with van der Waals surface area (Å²) < 4.78 is 5.20. The van der Waals surface area contributed by atoms with Gasteiger partial charge >= 0.3 is 0 Å². The van der Waals surface area contributed by atoms with E-state index in [1.165, 1.54) is 12.8 Å². The van der Waals surface area contributed by atoms with E-state index in [1.54, 1.807) is 0 Å². The Balaban J connectivity index is 1.86. The van der Waals surface area contributed by atoms with Crippen molar-refractivity contribution in [1.82, 2.24) is 20.8 Å². The first-order valence-electron chi connectivity index (χ1n) is 5.55. The van der Waals surface area contributed by atoms with E-state index in [4.69, 9.17) is 4.52 Å². The molecule has 1 fully saturated rings. The van der Waals surface area contributed by atoms with Crippen LogP contribution in [-0.2, 0) is 13.0 Å². The molecule has 1 aliphatic heterocycles. The minimum absolute atomic E-state index is 0.676. The Morgan fingerprint density at radius 1 is 1.47 bits per heavy atom. The maximum Gasteiger partial charge on any atom is 0.226 e. The number of hydrogen-bond donors (Lipinski definition) is 2. The lowest BCUT2D eigenvalue weighted by Gasteiger charge is -2.20. The lowest BCUT2D eigenvalue weighted by molar-refractivity contribution is 0.312. The maximum absolute atomic E-state index is 5.20. The van der Waals surface area contributed by atoms with E-state index in [2.05, 4.69) is 20.8 Å². The monoisotopic (exact) mass is 210 g/mol. The molecule has 0 saturated carbocycles. The van der Waals surface area contributed by atoms with Crippen molar-refractivity contribution in [3.8, 4) is 0 Å². The number of aromatic nitrogens is 2. The highest BCUT2D eigenvalue weighted by Crippen LogP contribution is 2.16. The second-order valence-corrected chi connectivity index (χ2v) is 4.03. The van der Waals surface area contributed by atoms with Gasteiger partial charge in [0.25, 0.3) is 0 Å². The second kappa shape index (κ2) is 5.23. The van der Waals surface area contributed by atoms with E-state index < -0.39 is 0 Å². The zero-order valence-electron chi connectivity index (χ0n) is 9.12. The topological polar surface area (TPSA) is 63.0 Å². The molecular weight excluding hydrogens is 192 g/mol. The van der Waals surface area contributed by atoms with Crippen LogP contribution in [0.4, 0.5) is 0 Å². The average Bonchev–Trinajstić information content (AvgIpc) is 2.68. The van der Waals surface area contributed by atoms with Crippen molar-refractivity contribution in [3.63, 3.8) is 0 Å². The van der Waals surface area contributed by atoms with Crippen molar-refractivity contribution >= 4 is 0 Å². The van der Waals surface area contributed by atoms with Gasteiger partial charge in [0.2, 0.25) is 5.89 Å². The molecule has 0 unspecified atom stereocenters. The second-order valence-electron chi connectivity index (χ2n) is 4.03. The van der Waals surface area contributed by atoms with Crippen molar-refractivity contribution in [3.05, 3.63) is 11.7 Å². The molecule has 1 aliphatic rings. The normalized spacial score (nSPS) is 18.2. The molecule has 5 nitrogen and oxygen atoms in total. The zero-order valence-corrected chi connectivity index (χ0v) is 9.12. The summed E-state index contributed by atoms with van der Waals surface area (Å²) in [6, 6.07) is 0. The molecule has 0 amide bonds. The zero-order chi connectivity index (χ0) is 10.5. The number of nitrogens with zero attached hydrogens (tertiary/aromatic N) is 2. The third-order valence-electron chi connectivity index (χ3n) is 2.77. The van der Waals surface area contributed by atoms with Gasteiger partial charge in [-0.2, -0.15) is 4.98 Å². The molecular formula is C10H18N4O. The van der Waals surface area contributed by atoms with Crippen LogP contribution in [0, 0.1) is 5.92 Å². The van der Waals surface area contributed by atoms with E-state index in [-0.39, 0.29) is 0 Å². The minimum Gasteiger partial charge on any atom is -0.339 e. The fraction of sp³-hybridized carbons (Fsp3) is 0.800. The van der Waals surface area contributed by atoms with Gasteiger partial charge < -0.3 is 15.2 Å². The Labute approximate surface area is 89.6 Å². The predicted molar refractivity (Wildman–Crippen MR) is 56.4 cm³/mol. The molecule has 0 spiro atoms. The molecule has 0 bridgehead atoms. The van der Waals surface area contributed by atoms with Crippen LogP contribution in [0.1, 0.15) is 24.6 Å². The molecule has 0 aromatic carbocycles. The van der Waals surface area contributed by atoms with Crippen molar-refractivity contribution in [2.75, 3.05) is 20.1 Å². The van der Waals surface area contributed by atoms with Gasteiger partial charge in [-0.1, -0.05) is 5.16 Å². The lowest BCUT2D eigenvalue weighted by atomic mass is 9.95. The Morgan fingerprint density at radius 2 is 2.27 bits per heavy atom. The largest absolute Gasteiger partial charge is 0.339 e. The highest BCUT2D eigenvalue weighted by Gasteiger charge is 2.16. The van der Waals surface area contributed by atoms with Gasteiger partial charge in [-0.05, 0) is 38.9 Å². The molecule has 1 aromatic rings. The van der Waals surface area contributed by atoms with Gasteiger partial charge in [-0.3, -0.25) is 0 Å². The Hall–Kier alpha value is -0.940. The summed E-state index contributed by atoms with van der Waals surface area (Å²) in [5.41, 5.74) is 0. The van der Waals surface area contributed by atoms with Crippen molar-refractivity contribution in [1.29, 1.82) is 0 Å². The first kappa shape index (κ1) is 10.6. The quantitative estimate of drug-likeness (QED) is 0.750. The van der Waals surface area contributed by atoms with E-state index in [1.807, 2.05) is 7.05 Å². The van der Waals surface area contributed by atoms with Gasteiger partial charge in [0.15, 0.2) is 5.82 Å². The minimum atomic E-state index is 0.676. The molecule has 15 heavy (non-hydrogen) atoms. The first-order valence-corrected chi connectivity index (χ1v) is 5.55. The molecule has 1 saturated heterocycles. The molecule has 2 rings (SSSR count). The SMILES string of the molecule is CNCc1noc(CC2CCNCC2)n1. The third-order valence-corrected chi connectivity index (χ3v) is 2.77. The summed E-state index contributed by atoms with van der Waals surface area (Å²) >= 11 is 0. The van der Waals surface area contributed by atoms with Gasteiger partial charge in [-0.25, -0.2) is 0 Å². The summed E-state index contributed by atoms with van der Waals surface area (Å²) in [7, 11) is 1.88. The van der Waals surface area contributed by atoms with Crippen molar-refractivity contribution in [2.24, 2.45) is 5.92 Å². The average molecular weight is 210 g/mol. The van der Waals surface area contributed by atoms with Crippen LogP contribution in [0.5, 0.6) is 0 Å². The van der Waals surface area contributed by atoms with Crippen LogP contribution in [-0.4, -0.2) is 30.3 Å². The lowest BCUT2D eigenvalue weighted by Crippen LogP contribution is -2.28. The summed E-state index contributed by atoms with van der Waals surface area (Å²) in [6.07, 6.45) is 3.35. The summed E-state index contributed by atoms with van der Waals surface area (Å²) in [5, 5.41) is 10.3. The van der Waals surface area contributed by atoms with Crippen molar-refractivity contribution < 1.29 is 4.52 Å². The molecule has 0 atom stereocenters. The van der Waals surface area contributed by atoms with E-state index in [0.717, 1.165) is 31.2 Å². The Kier molecular flexibility index (Phi) is 3.69. The molecule has 0 radical (unpaired) electrons. The van der Waals surface area contributed by atoms with Crippen LogP contribution in [0.2, 0.25) is 0 Å². The van der Waals surface area contributed by atoms with Crippen LogP contribution in [0.25, 0.3) is 0 Å². The molecule has 84 valence electrons. The van der Waals surface area contributed by atoms with Crippen LogP contribution in [0.3, 0.4) is 0 Å². The summed E-state index contributed by atoms with van der Waals surface area (Å²) in [5.74, 6) is 2.24. The number of nitrogens with one attached hydrogen (secondary N) is 2. The highest BCUT2D eigenvalue weighted by atomic mass is 16.5. The first-order chi connectivity index (χ1) is 7.38. The maximum atomic E-state index is 5.20. The number of piperidine rings is 1. The predicted octanol–water partition coefficient (Wildman–Crippen LogP) is 0.331. The molecule has 0 aliphatic carbocycles. The highest BCUT2D eigenvalue weighted by molar-refractivity contribution is 4.88. The Bertz CT molecular complexity index is 293. The van der Waals surface area contributed by atoms with E-state index in [9.17, 15) is 0 Å². The Morgan fingerprint density at radius 3 is 3.00 bits per heavy atom. The van der Waals surface area contributed by atoms with Crippen LogP contribution >= 0.6 is 0 Å². The number of hydrogen-bond acceptors (Lipinski definition) is 5. The van der Waals surface area contributed by atoms with Crippen LogP contribution in [0.15, 0.2) is 4.52 Å². The molecule has 2 N–H and O–H groups in total. The molecule has 1 aromatic heterocycles. The van der Waals surface area contributed by atoms with Crippen LogP contribution < -0.4 is 10.6 Å². The summed E-state index contributed by atoms with van der Waals surface area (Å²) in [4.78, 5) is 4.33. The number of rotatable bonds is 4. The third kappa shape index (κ3) is 3.00. The van der Waals surface area contributed by atoms with Gasteiger partial charge in [0.1, 0.15) is 0 Å².